The lowest BCUT2D eigenvalue weighted by Crippen LogP contribution is -2.41. The van der Waals surface area contributed by atoms with Crippen molar-refractivity contribution in [1.82, 2.24) is 20.8 Å². The van der Waals surface area contributed by atoms with E-state index in [0.717, 1.165) is 12.2 Å². The quantitative estimate of drug-likeness (QED) is 0.351. The number of nitrogens with zero attached hydrogens (tertiary/aromatic N) is 3. The number of carbonyl (C=O) groups excluding carboxylic acids is 2. The van der Waals surface area contributed by atoms with E-state index in [1.54, 1.807) is 11.0 Å². The highest BCUT2D eigenvalue weighted by atomic mass is 16.7. The van der Waals surface area contributed by atoms with Gasteiger partial charge in [-0.3, -0.25) is 0 Å². The van der Waals surface area contributed by atoms with E-state index < -0.39 is 22.7 Å². The van der Waals surface area contributed by atoms with E-state index in [-0.39, 0.29) is 5.56 Å². The van der Waals surface area contributed by atoms with Crippen molar-refractivity contribution in [3.8, 4) is 0 Å². The molecule has 0 saturated heterocycles. The zero-order valence-electron chi connectivity index (χ0n) is 9.69. The third-order valence-corrected chi connectivity index (χ3v) is 1.73. The van der Waals surface area contributed by atoms with Gasteiger partial charge in [-0.15, -0.1) is 0 Å². The largest absolute Gasteiger partial charge is 0.397 e. The Balaban J connectivity index is 2.63. The zero-order chi connectivity index (χ0) is 14.4. The van der Waals surface area contributed by atoms with Crippen molar-refractivity contribution in [2.24, 2.45) is 12.8 Å². The summed E-state index contributed by atoms with van der Waals surface area (Å²) in [6.07, 6.45) is 3.43. The Hall–Kier alpha value is -2.95. The molecule has 102 valence electrons. The Kier molecular flexibility index (Phi) is 4.54. The van der Waals surface area contributed by atoms with E-state index >= 15 is 0 Å². The maximum Gasteiger partial charge on any atom is 0.397 e. The molecule has 1 rings (SSSR count). The van der Waals surface area contributed by atoms with Crippen LogP contribution >= 0.6 is 0 Å². The average Bonchev–Trinajstić information content (AvgIpc) is 2.67. The molecule has 2 amide bonds. The fourth-order valence-corrected chi connectivity index (χ4v) is 1.07. The van der Waals surface area contributed by atoms with Crippen molar-refractivity contribution in [1.29, 1.82) is 0 Å². The molecule has 0 aliphatic rings. The molecular weight excluding hydrogens is 260 g/mol. The summed E-state index contributed by atoms with van der Waals surface area (Å²) in [6, 6.07) is -0.945. The van der Waals surface area contributed by atoms with Gasteiger partial charge in [0.2, 0.25) is 0 Å². The lowest BCUT2D eigenvalue weighted by molar-refractivity contribution is -0.390. The fourth-order valence-electron chi connectivity index (χ4n) is 1.07. The molecule has 0 fully saturated rings. The first-order chi connectivity index (χ1) is 8.90. The molecule has 0 unspecified atom stereocenters. The van der Waals surface area contributed by atoms with E-state index in [4.69, 9.17) is 5.73 Å². The van der Waals surface area contributed by atoms with E-state index in [1.165, 1.54) is 17.9 Å². The number of hydrogen-bond acceptors (Lipinski definition) is 7. The zero-order valence-corrected chi connectivity index (χ0v) is 9.69. The summed E-state index contributed by atoms with van der Waals surface area (Å²) in [5.74, 6) is -1.29. The van der Waals surface area contributed by atoms with Crippen molar-refractivity contribution in [3.63, 3.8) is 0 Å². The number of urea groups is 1. The topological polar surface area (TPSA) is 154 Å². The van der Waals surface area contributed by atoms with Crippen LogP contribution < -0.4 is 16.7 Å². The van der Waals surface area contributed by atoms with Crippen LogP contribution in [0.4, 0.5) is 10.6 Å². The van der Waals surface area contributed by atoms with Gasteiger partial charge in [0.25, 0.3) is 0 Å². The Morgan fingerprint density at radius 1 is 1.63 bits per heavy atom. The standard InChI is InChI=1S/C8H10N6O5/c1-13-4-5(7(11-13)14(17)18)2-3-6(15)19-12-10-8(9)16/h2-4,12H,1H3,(H3,9,10,16). The molecule has 19 heavy (non-hydrogen) atoms. The van der Waals surface area contributed by atoms with Gasteiger partial charge in [0.1, 0.15) is 0 Å². The van der Waals surface area contributed by atoms with Crippen molar-refractivity contribution >= 4 is 23.9 Å². The first-order valence-electron chi connectivity index (χ1n) is 4.77. The van der Waals surface area contributed by atoms with E-state index in [2.05, 4.69) is 9.94 Å². The molecular formula is C8H10N6O5. The second-order valence-corrected chi connectivity index (χ2v) is 3.18. The van der Waals surface area contributed by atoms with Crippen LogP contribution in [0.1, 0.15) is 5.56 Å². The van der Waals surface area contributed by atoms with Crippen molar-refractivity contribution < 1.29 is 19.3 Å². The van der Waals surface area contributed by atoms with Gasteiger partial charge in [0.05, 0.1) is 23.9 Å². The minimum absolute atomic E-state index is 0.132. The number of aryl methyl sites for hydroxylation is 1. The summed E-state index contributed by atoms with van der Waals surface area (Å²) in [5.41, 5.74) is 8.40. The van der Waals surface area contributed by atoms with Crippen molar-refractivity contribution in [3.05, 3.63) is 28.0 Å². The molecule has 1 aromatic heterocycles. The van der Waals surface area contributed by atoms with Gasteiger partial charge in [0, 0.05) is 6.08 Å². The molecule has 0 atom stereocenters. The minimum atomic E-state index is -0.945. The number of hydrazine groups is 1. The van der Waals surface area contributed by atoms with Crippen molar-refractivity contribution in [2.45, 2.75) is 0 Å². The Morgan fingerprint density at radius 3 is 2.89 bits per heavy atom. The second-order valence-electron chi connectivity index (χ2n) is 3.18. The summed E-state index contributed by atoms with van der Waals surface area (Å²) < 4.78 is 1.23. The molecule has 0 radical (unpaired) electrons. The van der Waals surface area contributed by atoms with E-state index in [1.807, 2.05) is 0 Å². The second kappa shape index (κ2) is 6.11. The van der Waals surface area contributed by atoms with E-state index in [9.17, 15) is 19.7 Å². The normalized spacial score (nSPS) is 10.4. The smallest absolute Gasteiger partial charge is 0.358 e. The lowest BCUT2D eigenvalue weighted by Gasteiger charge is -2.01. The monoisotopic (exact) mass is 270 g/mol. The van der Waals surface area contributed by atoms with Gasteiger partial charge >= 0.3 is 17.8 Å². The number of rotatable bonds is 5. The van der Waals surface area contributed by atoms with Gasteiger partial charge in [-0.05, 0) is 11.0 Å². The first-order valence-corrected chi connectivity index (χ1v) is 4.77. The maximum absolute atomic E-state index is 11.1. The molecule has 1 aromatic rings. The number of nitrogens with one attached hydrogen (secondary N) is 2. The summed E-state index contributed by atoms with van der Waals surface area (Å²) >= 11 is 0. The molecule has 0 aliphatic heterocycles. The molecule has 11 nitrogen and oxygen atoms in total. The SMILES string of the molecule is Cn1cc(C=CC(=O)ONNC(N)=O)c([N+](=O)[O-])n1. The first kappa shape index (κ1) is 14.1. The van der Waals surface area contributed by atoms with Crippen LogP contribution in [0.2, 0.25) is 0 Å². The molecule has 0 aromatic carbocycles. The molecule has 1 heterocycles. The highest BCUT2D eigenvalue weighted by molar-refractivity contribution is 5.87. The van der Waals surface area contributed by atoms with Crippen LogP contribution in [-0.2, 0) is 16.7 Å². The fraction of sp³-hybridized carbons (Fsp3) is 0.125. The number of hydrogen-bond donors (Lipinski definition) is 3. The lowest BCUT2D eigenvalue weighted by atomic mass is 10.3. The number of aromatic nitrogens is 2. The average molecular weight is 270 g/mol. The number of amides is 2. The van der Waals surface area contributed by atoms with Crippen LogP contribution in [0.3, 0.4) is 0 Å². The molecule has 0 spiro atoms. The highest BCUT2D eigenvalue weighted by Gasteiger charge is 2.17. The van der Waals surface area contributed by atoms with E-state index in [0.29, 0.717) is 0 Å². The third kappa shape index (κ3) is 4.43. The molecule has 11 heteroatoms. The van der Waals surface area contributed by atoms with Crippen LogP contribution in [0, 0.1) is 10.1 Å². The minimum Gasteiger partial charge on any atom is -0.358 e. The van der Waals surface area contributed by atoms with Crippen LogP contribution in [0.25, 0.3) is 6.08 Å². The molecule has 0 aliphatic carbocycles. The van der Waals surface area contributed by atoms with Gasteiger partial charge in [0.15, 0.2) is 0 Å². The summed E-state index contributed by atoms with van der Waals surface area (Å²) in [4.78, 5) is 35.6. The number of primary amides is 1. The molecule has 0 bridgehead atoms. The molecule has 0 saturated carbocycles. The van der Waals surface area contributed by atoms with Crippen LogP contribution in [0.5, 0.6) is 0 Å². The highest BCUT2D eigenvalue weighted by Crippen LogP contribution is 2.16. The number of carbonyl (C=O) groups is 2. The van der Waals surface area contributed by atoms with Crippen LogP contribution in [-0.4, -0.2) is 26.7 Å². The summed E-state index contributed by atoms with van der Waals surface area (Å²) in [6.45, 7) is 0. The Morgan fingerprint density at radius 2 is 2.32 bits per heavy atom. The predicted molar refractivity (Wildman–Crippen MR) is 60.8 cm³/mol. The van der Waals surface area contributed by atoms with Gasteiger partial charge in [-0.2, -0.15) is 4.68 Å². The van der Waals surface area contributed by atoms with Gasteiger partial charge in [-0.1, -0.05) is 5.59 Å². The predicted octanol–water partition coefficient (Wildman–Crippen LogP) is -1.03. The maximum atomic E-state index is 11.1. The number of nitro groups is 1. The Bertz CT molecular complexity index is 536. The summed E-state index contributed by atoms with van der Waals surface area (Å²) in [7, 11) is 1.50. The third-order valence-electron chi connectivity index (χ3n) is 1.73. The van der Waals surface area contributed by atoms with Gasteiger partial charge in [-0.25, -0.2) is 15.0 Å². The summed E-state index contributed by atoms with van der Waals surface area (Å²) in [5, 5.41) is 14.2. The van der Waals surface area contributed by atoms with Gasteiger partial charge < -0.3 is 20.7 Å². The van der Waals surface area contributed by atoms with Crippen molar-refractivity contribution in [2.75, 3.05) is 0 Å². The van der Waals surface area contributed by atoms with Crippen LogP contribution in [0.15, 0.2) is 12.3 Å². The Labute approximate surface area is 106 Å². The number of nitrogens with two attached hydrogens (primary N) is 1. The molecule has 4 N–H and O–H groups in total.